The van der Waals surface area contributed by atoms with E-state index >= 15 is 0 Å². The summed E-state index contributed by atoms with van der Waals surface area (Å²) in [7, 11) is 0.357. The van der Waals surface area contributed by atoms with E-state index in [0.29, 0.717) is 6.54 Å². The Morgan fingerprint density at radius 2 is 2.00 bits per heavy atom. The number of piperidine rings is 1. The van der Waals surface area contributed by atoms with Crippen molar-refractivity contribution in [1.29, 1.82) is 0 Å². The molecule has 1 heterocycles. The number of nitrogens with one attached hydrogen (secondary N) is 2. The lowest BCUT2D eigenvalue weighted by atomic mass is 9.93. The van der Waals surface area contributed by atoms with E-state index in [1.165, 1.54) is 7.05 Å². The van der Waals surface area contributed by atoms with Crippen molar-refractivity contribution < 1.29 is 22.7 Å². The monoisotopic (exact) mass is 396 g/mol. The predicted octanol–water partition coefficient (Wildman–Crippen LogP) is 1.11. The van der Waals surface area contributed by atoms with Gasteiger partial charge in [-0.25, -0.2) is 4.79 Å². The van der Waals surface area contributed by atoms with E-state index in [-0.39, 0.29) is 12.6 Å². The number of hydrogen-bond acceptors (Lipinski definition) is 7. The zero-order valence-electron chi connectivity index (χ0n) is 15.3. The second kappa shape index (κ2) is 10.0. The third-order valence-corrected chi connectivity index (χ3v) is 4.92. The fourth-order valence-electron chi connectivity index (χ4n) is 3.24. The van der Waals surface area contributed by atoms with E-state index in [1.54, 1.807) is 7.11 Å². The van der Waals surface area contributed by atoms with Gasteiger partial charge < -0.3 is 10.1 Å². The molecule has 10 heteroatoms. The van der Waals surface area contributed by atoms with E-state index < -0.39 is 28.5 Å². The van der Waals surface area contributed by atoms with E-state index in [0.717, 1.165) is 30.6 Å². The fourth-order valence-corrected chi connectivity index (χ4v) is 3.50. The number of rotatable bonds is 6. The number of carbonyl (C=O) groups is 2. The molecule has 0 aromatic heterocycles. The molecule has 0 radical (unpaired) electrons. The number of likely N-dealkylation sites (tertiary alicyclic amines) is 1. The van der Waals surface area contributed by atoms with Crippen LogP contribution in [0.4, 0.5) is 4.79 Å². The number of amides is 3. The van der Waals surface area contributed by atoms with E-state index in [9.17, 15) is 18.0 Å². The number of benzene rings is 1. The smallest absolute Gasteiger partial charge is 0.321 e. The molecule has 2 rings (SSSR count). The number of hydrogen-bond donors (Lipinski definition) is 2. The van der Waals surface area contributed by atoms with Gasteiger partial charge in [-0.3, -0.25) is 15.0 Å². The summed E-state index contributed by atoms with van der Waals surface area (Å²) in [6, 6.07) is 5.95. The van der Waals surface area contributed by atoms with Gasteiger partial charge in [-0.2, -0.15) is 12.8 Å². The Kier molecular flexibility index (Phi) is 7.74. The first kappa shape index (κ1) is 20.8. The molecular formula is C17H24N4O5S. The highest BCUT2D eigenvalue weighted by molar-refractivity contribution is 7.61. The minimum atomic E-state index is -2.63. The first-order valence-electron chi connectivity index (χ1n) is 8.65. The van der Waals surface area contributed by atoms with E-state index in [1.807, 2.05) is 29.2 Å². The van der Waals surface area contributed by atoms with Gasteiger partial charge in [0, 0.05) is 13.1 Å². The largest absolute Gasteiger partial charge is 0.497 e. The molecule has 0 saturated carbocycles. The summed E-state index contributed by atoms with van der Waals surface area (Å²) in [6.07, 6.45) is 2.68. The molecule has 27 heavy (non-hydrogen) atoms. The highest BCUT2D eigenvalue weighted by Crippen LogP contribution is 2.33. The first-order valence-corrected chi connectivity index (χ1v) is 9.68. The maximum Gasteiger partial charge on any atom is 0.321 e. The standard InChI is InChI=1S/C17H24N4O5S/c1-18-17(23)20-16(22)15(11-19-27(24)25)21-10-4-3-5-14(21)12-6-8-13(26-2)9-7-12/h6-9,14-15H,3-5,10-11H2,1-2H3,(H2,18,20,22,23). The Morgan fingerprint density at radius 1 is 1.30 bits per heavy atom. The van der Waals surface area contributed by atoms with Crippen molar-refractivity contribution in [2.24, 2.45) is 4.36 Å². The van der Waals surface area contributed by atoms with Crippen molar-refractivity contribution in [2.45, 2.75) is 31.3 Å². The molecule has 0 aliphatic carbocycles. The Bertz CT molecular complexity index is 786. The van der Waals surface area contributed by atoms with Crippen molar-refractivity contribution >= 4 is 22.4 Å². The van der Waals surface area contributed by atoms with Crippen LogP contribution >= 0.6 is 0 Å². The van der Waals surface area contributed by atoms with Gasteiger partial charge in [0.25, 0.3) is 0 Å². The van der Waals surface area contributed by atoms with Crippen LogP contribution in [0.3, 0.4) is 0 Å². The number of methoxy groups -OCH3 is 1. The number of urea groups is 1. The molecule has 1 aromatic rings. The van der Waals surface area contributed by atoms with Crippen LogP contribution in [0.15, 0.2) is 28.6 Å². The maximum atomic E-state index is 12.6. The van der Waals surface area contributed by atoms with Gasteiger partial charge in [0.2, 0.25) is 5.91 Å². The lowest BCUT2D eigenvalue weighted by Crippen LogP contribution is -2.54. The topological polar surface area (TPSA) is 117 Å². The highest BCUT2D eigenvalue weighted by Gasteiger charge is 2.34. The maximum absolute atomic E-state index is 12.6. The first-order chi connectivity index (χ1) is 13.0. The summed E-state index contributed by atoms with van der Waals surface area (Å²) < 4.78 is 30.5. The Morgan fingerprint density at radius 3 is 2.59 bits per heavy atom. The Balaban J connectivity index is 2.31. The van der Waals surface area contributed by atoms with Gasteiger partial charge in [-0.15, -0.1) is 0 Å². The van der Waals surface area contributed by atoms with Crippen LogP contribution in [-0.4, -0.2) is 58.5 Å². The lowest BCUT2D eigenvalue weighted by Gasteiger charge is -2.40. The minimum Gasteiger partial charge on any atom is -0.497 e. The van der Waals surface area contributed by atoms with Crippen LogP contribution in [0.1, 0.15) is 30.9 Å². The van der Waals surface area contributed by atoms with Gasteiger partial charge in [-0.05, 0) is 37.1 Å². The van der Waals surface area contributed by atoms with Crippen LogP contribution in [0.5, 0.6) is 5.75 Å². The van der Waals surface area contributed by atoms with E-state index in [2.05, 4.69) is 15.0 Å². The summed E-state index contributed by atoms with van der Waals surface area (Å²) in [6.45, 7) is 0.356. The zero-order chi connectivity index (χ0) is 19.8. The van der Waals surface area contributed by atoms with Gasteiger partial charge in [0.05, 0.1) is 13.7 Å². The highest BCUT2D eigenvalue weighted by atomic mass is 32.2. The van der Waals surface area contributed by atoms with Crippen molar-refractivity contribution in [2.75, 3.05) is 27.2 Å². The second-order valence-corrected chi connectivity index (χ2v) is 6.83. The average Bonchev–Trinajstić information content (AvgIpc) is 2.68. The molecule has 2 atom stereocenters. The van der Waals surface area contributed by atoms with Crippen LogP contribution < -0.4 is 15.4 Å². The number of nitrogens with zero attached hydrogens (tertiary/aromatic N) is 2. The fraction of sp³-hybridized carbons (Fsp3) is 0.529. The number of ether oxygens (including phenoxy) is 1. The van der Waals surface area contributed by atoms with Crippen molar-refractivity contribution in [3.05, 3.63) is 29.8 Å². The number of carbonyl (C=O) groups excluding carboxylic acids is 2. The second-order valence-electron chi connectivity index (χ2n) is 6.14. The van der Waals surface area contributed by atoms with Gasteiger partial charge in [0.15, 0.2) is 0 Å². The Hall–Kier alpha value is -2.46. The molecule has 1 aliphatic rings. The lowest BCUT2D eigenvalue weighted by molar-refractivity contribution is -0.126. The quantitative estimate of drug-likeness (QED) is 0.744. The SMILES string of the molecule is CNC(=O)NC(=O)C(CN=S(=O)=O)N1CCCCC1c1ccc(OC)cc1. The minimum absolute atomic E-state index is 0.0830. The van der Waals surface area contributed by atoms with Crippen LogP contribution in [0.2, 0.25) is 0 Å². The van der Waals surface area contributed by atoms with E-state index in [4.69, 9.17) is 4.74 Å². The third-order valence-electron chi connectivity index (χ3n) is 4.56. The third kappa shape index (κ3) is 5.76. The molecule has 3 amide bonds. The summed E-state index contributed by atoms with van der Waals surface area (Å²) in [5.41, 5.74) is 0.997. The summed E-state index contributed by atoms with van der Waals surface area (Å²) in [4.78, 5) is 26.1. The van der Waals surface area contributed by atoms with Crippen molar-refractivity contribution in [3.63, 3.8) is 0 Å². The molecule has 0 bridgehead atoms. The van der Waals surface area contributed by atoms with Crippen molar-refractivity contribution in [3.8, 4) is 5.75 Å². The molecule has 0 spiro atoms. The van der Waals surface area contributed by atoms with Crippen LogP contribution in [0, 0.1) is 0 Å². The molecule has 1 fully saturated rings. The zero-order valence-corrected chi connectivity index (χ0v) is 16.2. The van der Waals surface area contributed by atoms with Gasteiger partial charge in [0.1, 0.15) is 11.8 Å². The Labute approximate surface area is 159 Å². The molecule has 1 aliphatic heterocycles. The van der Waals surface area contributed by atoms with Crippen LogP contribution in [-0.2, 0) is 15.3 Å². The molecule has 1 aromatic carbocycles. The molecule has 9 nitrogen and oxygen atoms in total. The summed E-state index contributed by atoms with van der Waals surface area (Å²) >= 11 is 0. The molecule has 1 saturated heterocycles. The van der Waals surface area contributed by atoms with Crippen molar-refractivity contribution in [1.82, 2.24) is 15.5 Å². The van der Waals surface area contributed by atoms with Gasteiger partial charge in [-0.1, -0.05) is 18.6 Å². The molecule has 2 N–H and O–H groups in total. The molecule has 148 valence electrons. The van der Waals surface area contributed by atoms with Crippen LogP contribution in [0.25, 0.3) is 0 Å². The molecule has 2 unspecified atom stereocenters. The number of imide groups is 1. The molecular weight excluding hydrogens is 372 g/mol. The average molecular weight is 396 g/mol. The normalized spacial score (nSPS) is 18.2. The predicted molar refractivity (Wildman–Crippen MR) is 98.9 cm³/mol. The summed E-state index contributed by atoms with van der Waals surface area (Å²) in [5, 5.41) is 4.55. The van der Waals surface area contributed by atoms with Gasteiger partial charge >= 0.3 is 16.5 Å². The summed E-state index contributed by atoms with van der Waals surface area (Å²) in [5.74, 6) is 0.149.